The fourth-order valence-corrected chi connectivity index (χ4v) is 2.38. The minimum absolute atomic E-state index is 0.0399. The Morgan fingerprint density at radius 2 is 2.00 bits per heavy atom. The molecule has 8 heteroatoms. The number of imidazole rings is 1. The van der Waals surface area contributed by atoms with Crippen molar-refractivity contribution in [1.82, 2.24) is 9.55 Å². The van der Waals surface area contributed by atoms with E-state index in [2.05, 4.69) is 25.8 Å². The highest BCUT2D eigenvalue weighted by molar-refractivity contribution is 6.35. The van der Waals surface area contributed by atoms with Crippen LogP contribution >= 0.6 is 23.2 Å². The Bertz CT molecular complexity index is 688. The molecule has 6 nitrogen and oxygen atoms in total. The van der Waals surface area contributed by atoms with E-state index in [4.69, 9.17) is 38.5 Å². The van der Waals surface area contributed by atoms with Gasteiger partial charge in [0.05, 0.1) is 6.33 Å². The van der Waals surface area contributed by atoms with Crippen LogP contribution in [0.15, 0.2) is 36.9 Å². The molecule has 0 aliphatic heterocycles. The molecular formula is C15H17Cl2N3O3. The van der Waals surface area contributed by atoms with Crippen LogP contribution in [0.4, 0.5) is 0 Å². The second-order valence-electron chi connectivity index (χ2n) is 5.66. The van der Waals surface area contributed by atoms with Crippen LogP contribution in [0, 0.1) is 15.5 Å². The molecule has 0 atom stereocenters. The average Bonchev–Trinajstić information content (AvgIpc) is 2.88. The van der Waals surface area contributed by atoms with Gasteiger partial charge in [-0.2, -0.15) is 0 Å². The number of benzene rings is 1. The van der Waals surface area contributed by atoms with Crippen molar-refractivity contribution in [2.24, 2.45) is 5.41 Å². The number of rotatable bonds is 2. The largest absolute Gasteiger partial charge is 0.328 e. The topological polar surface area (TPSA) is 81.2 Å². The molecule has 1 heterocycles. The molecular weight excluding hydrogens is 341 g/mol. The lowest BCUT2D eigenvalue weighted by Crippen LogP contribution is -2.09. The zero-order valence-electron chi connectivity index (χ0n) is 12.9. The van der Waals surface area contributed by atoms with E-state index in [1.807, 2.05) is 29.1 Å². The second-order valence-corrected chi connectivity index (χ2v) is 6.51. The third kappa shape index (κ3) is 6.30. The fraction of sp³-hybridized carbons (Fsp3) is 0.267. The van der Waals surface area contributed by atoms with Crippen molar-refractivity contribution in [3.63, 3.8) is 0 Å². The Morgan fingerprint density at radius 1 is 1.39 bits per heavy atom. The second kappa shape index (κ2) is 7.99. The van der Waals surface area contributed by atoms with Crippen LogP contribution in [0.5, 0.6) is 0 Å². The summed E-state index contributed by atoms with van der Waals surface area (Å²) in [6.07, 6.45) is 7.45. The van der Waals surface area contributed by atoms with E-state index in [1.165, 1.54) is 0 Å². The SMILES string of the molecule is CC(C)(C)/C(=C\n1ccnc1)c1ccc(Cl)cc1Cl.O=[N+]([O-])O. The zero-order chi connectivity index (χ0) is 17.6. The van der Waals surface area contributed by atoms with Crippen LogP contribution in [-0.4, -0.2) is 19.8 Å². The molecule has 0 fully saturated rings. The molecule has 0 spiro atoms. The number of allylic oxidation sites excluding steroid dienone is 1. The molecule has 1 aromatic heterocycles. The standard InChI is InChI=1S/C15H16Cl2N2.HNO3/c1-15(2,3)13(9-19-7-6-18-10-19)12-5-4-11(16)8-14(12)17;2-1(3)4/h4-10H,1-3H3;(H,2,3,4)/b13-9-;. The minimum Gasteiger partial charge on any atom is -0.328 e. The van der Waals surface area contributed by atoms with Crippen LogP contribution in [0.25, 0.3) is 11.8 Å². The third-order valence-corrected chi connectivity index (χ3v) is 3.38. The molecule has 1 N–H and O–H groups in total. The maximum atomic E-state index is 8.36. The summed E-state index contributed by atoms with van der Waals surface area (Å²) in [6.45, 7) is 6.46. The highest BCUT2D eigenvalue weighted by atomic mass is 35.5. The number of aromatic nitrogens is 2. The van der Waals surface area contributed by atoms with Crippen molar-refractivity contribution in [3.05, 3.63) is 62.6 Å². The quantitative estimate of drug-likeness (QED) is 0.612. The van der Waals surface area contributed by atoms with Crippen molar-refractivity contribution in [2.75, 3.05) is 0 Å². The van der Waals surface area contributed by atoms with Crippen molar-refractivity contribution < 1.29 is 10.3 Å². The summed E-state index contributed by atoms with van der Waals surface area (Å²) in [5.74, 6) is 0. The lowest BCUT2D eigenvalue weighted by atomic mass is 9.82. The summed E-state index contributed by atoms with van der Waals surface area (Å²) in [6, 6.07) is 5.58. The van der Waals surface area contributed by atoms with Gasteiger partial charge in [-0.3, -0.25) is 0 Å². The Kier molecular flexibility index (Phi) is 6.60. The van der Waals surface area contributed by atoms with E-state index in [0.29, 0.717) is 10.0 Å². The van der Waals surface area contributed by atoms with Crippen LogP contribution in [0.2, 0.25) is 10.0 Å². The molecule has 0 radical (unpaired) electrons. The van der Waals surface area contributed by atoms with Crippen molar-refractivity contribution in [2.45, 2.75) is 20.8 Å². The van der Waals surface area contributed by atoms with E-state index in [-0.39, 0.29) is 5.41 Å². The summed E-state index contributed by atoms with van der Waals surface area (Å²) in [7, 11) is 0. The number of nitrogens with zero attached hydrogens (tertiary/aromatic N) is 3. The molecule has 0 amide bonds. The smallest absolute Gasteiger partial charge is 0.291 e. The predicted octanol–water partition coefficient (Wildman–Crippen LogP) is 4.89. The molecule has 0 bridgehead atoms. The summed E-state index contributed by atoms with van der Waals surface area (Å²) in [5.41, 5.74) is 2.08. The minimum atomic E-state index is -1.50. The van der Waals surface area contributed by atoms with Gasteiger partial charge in [0.25, 0.3) is 5.09 Å². The highest BCUT2D eigenvalue weighted by Gasteiger charge is 2.21. The van der Waals surface area contributed by atoms with Gasteiger partial charge in [0.1, 0.15) is 0 Å². The molecule has 124 valence electrons. The van der Waals surface area contributed by atoms with Crippen molar-refractivity contribution >= 4 is 35.0 Å². The predicted molar refractivity (Wildman–Crippen MR) is 91.1 cm³/mol. The van der Waals surface area contributed by atoms with E-state index in [0.717, 1.165) is 11.1 Å². The molecule has 2 aromatic rings. The normalized spacial score (nSPS) is 11.6. The number of hydrogen-bond donors (Lipinski definition) is 1. The first-order chi connectivity index (χ1) is 10.6. The van der Waals surface area contributed by atoms with E-state index >= 15 is 0 Å². The lowest BCUT2D eigenvalue weighted by molar-refractivity contribution is -0.742. The molecule has 2 rings (SSSR count). The van der Waals surface area contributed by atoms with Gasteiger partial charge in [0.2, 0.25) is 0 Å². The summed E-state index contributed by atoms with van der Waals surface area (Å²) < 4.78 is 1.92. The maximum Gasteiger partial charge on any atom is 0.291 e. The first kappa shape index (κ1) is 19.0. The summed E-state index contributed by atoms with van der Waals surface area (Å²) in [5, 5.41) is 14.9. The monoisotopic (exact) mass is 357 g/mol. The van der Waals surface area contributed by atoms with Crippen molar-refractivity contribution in [3.8, 4) is 0 Å². The van der Waals surface area contributed by atoms with Crippen LogP contribution in [-0.2, 0) is 0 Å². The van der Waals surface area contributed by atoms with Gasteiger partial charge in [-0.05, 0) is 28.7 Å². The van der Waals surface area contributed by atoms with Crippen LogP contribution in [0.1, 0.15) is 26.3 Å². The Labute approximate surface area is 144 Å². The molecule has 23 heavy (non-hydrogen) atoms. The highest BCUT2D eigenvalue weighted by Crippen LogP contribution is 2.38. The summed E-state index contributed by atoms with van der Waals surface area (Å²) >= 11 is 12.3. The Balaban J connectivity index is 0.000000593. The molecule has 0 aliphatic rings. The maximum absolute atomic E-state index is 8.36. The van der Waals surface area contributed by atoms with Crippen LogP contribution in [0.3, 0.4) is 0 Å². The van der Waals surface area contributed by atoms with Gasteiger partial charge in [-0.1, -0.05) is 50.0 Å². The molecule has 0 unspecified atom stereocenters. The van der Waals surface area contributed by atoms with Gasteiger partial charge in [-0.25, -0.2) is 4.98 Å². The lowest BCUT2D eigenvalue weighted by Gasteiger charge is -2.24. The first-order valence-corrected chi connectivity index (χ1v) is 7.35. The fourth-order valence-electron chi connectivity index (χ4n) is 1.87. The average molecular weight is 358 g/mol. The van der Waals surface area contributed by atoms with Crippen LogP contribution < -0.4 is 0 Å². The Morgan fingerprint density at radius 3 is 2.43 bits per heavy atom. The number of halogens is 2. The summed E-state index contributed by atoms with van der Waals surface area (Å²) in [4.78, 5) is 12.4. The third-order valence-electron chi connectivity index (χ3n) is 2.83. The molecule has 0 aliphatic carbocycles. The Hall–Kier alpha value is -2.05. The first-order valence-electron chi connectivity index (χ1n) is 6.59. The van der Waals surface area contributed by atoms with Gasteiger partial charge in [-0.15, -0.1) is 10.1 Å². The number of hydrogen-bond acceptors (Lipinski definition) is 3. The molecule has 1 aromatic carbocycles. The van der Waals surface area contributed by atoms with Gasteiger partial charge in [0.15, 0.2) is 0 Å². The van der Waals surface area contributed by atoms with Gasteiger partial charge < -0.3 is 9.77 Å². The van der Waals surface area contributed by atoms with Gasteiger partial charge in [0, 0.05) is 28.6 Å². The molecule has 0 saturated carbocycles. The zero-order valence-corrected chi connectivity index (χ0v) is 14.4. The van der Waals surface area contributed by atoms with Crippen molar-refractivity contribution in [1.29, 1.82) is 0 Å². The van der Waals surface area contributed by atoms with E-state index < -0.39 is 5.09 Å². The molecule has 0 saturated heterocycles. The van der Waals surface area contributed by atoms with E-state index in [1.54, 1.807) is 18.6 Å². The van der Waals surface area contributed by atoms with E-state index in [9.17, 15) is 0 Å². The van der Waals surface area contributed by atoms with Gasteiger partial charge >= 0.3 is 0 Å².